The second-order valence-corrected chi connectivity index (χ2v) is 4.50. The van der Waals surface area contributed by atoms with E-state index in [1.165, 1.54) is 12.3 Å². The lowest BCUT2D eigenvalue weighted by atomic mass is 9.97. The first-order valence-corrected chi connectivity index (χ1v) is 6.09. The second kappa shape index (κ2) is 4.86. The van der Waals surface area contributed by atoms with Crippen LogP contribution in [0.2, 0.25) is 5.02 Å². The van der Waals surface area contributed by atoms with Crippen molar-refractivity contribution >= 4 is 22.9 Å². The molecule has 0 aliphatic carbocycles. The summed E-state index contributed by atoms with van der Waals surface area (Å²) in [6.45, 7) is 0. The van der Waals surface area contributed by atoms with Gasteiger partial charge in [0.2, 0.25) is 0 Å². The maximum atomic E-state index is 13.8. The van der Waals surface area contributed by atoms with Gasteiger partial charge < -0.3 is 0 Å². The first-order valence-electron chi connectivity index (χ1n) is 5.71. The fourth-order valence-electron chi connectivity index (χ4n) is 1.92. The average molecular weight is 274 g/mol. The molecule has 0 saturated heterocycles. The molecule has 0 spiro atoms. The van der Waals surface area contributed by atoms with Crippen LogP contribution in [0.4, 0.5) is 4.39 Å². The van der Waals surface area contributed by atoms with Gasteiger partial charge >= 0.3 is 10.9 Å². The standard InChI is InChI=1S/C15H9ClFNO/c16-11-7-5-10(6-8-11)13-9-19-18-15(13)12-3-1-2-4-14(12)17/h1-9H/q+1. The molecule has 2 aromatic carbocycles. The Labute approximate surface area is 114 Å². The van der Waals surface area contributed by atoms with E-state index in [0.717, 1.165) is 11.1 Å². The fraction of sp³-hybridized carbons (Fsp3) is 0. The Hall–Kier alpha value is -2.13. The summed E-state index contributed by atoms with van der Waals surface area (Å²) in [5.74, 6) is -0.327. The van der Waals surface area contributed by atoms with Crippen LogP contribution in [0.25, 0.3) is 5.57 Å². The highest BCUT2D eigenvalue weighted by molar-refractivity contribution is 6.32. The van der Waals surface area contributed by atoms with Crippen molar-refractivity contribution in [1.82, 2.24) is 5.16 Å². The minimum absolute atomic E-state index is 0.327. The van der Waals surface area contributed by atoms with Crippen molar-refractivity contribution in [2.75, 3.05) is 0 Å². The largest absolute Gasteiger partial charge is 0.358 e. The van der Waals surface area contributed by atoms with Crippen molar-refractivity contribution in [3.8, 4) is 0 Å². The molecule has 1 radical (unpaired) electrons. The van der Waals surface area contributed by atoms with Gasteiger partial charge in [0.15, 0.2) is 6.26 Å². The molecule has 0 unspecified atom stereocenters. The van der Waals surface area contributed by atoms with Crippen molar-refractivity contribution in [3.63, 3.8) is 0 Å². The van der Waals surface area contributed by atoms with E-state index >= 15 is 0 Å². The third kappa shape index (κ3) is 2.25. The zero-order valence-electron chi connectivity index (χ0n) is 9.81. The Morgan fingerprint density at radius 1 is 1.00 bits per heavy atom. The summed E-state index contributed by atoms with van der Waals surface area (Å²) in [6, 6.07) is 13.7. The van der Waals surface area contributed by atoms with Crippen LogP contribution in [-0.2, 0) is 4.84 Å². The predicted molar refractivity (Wildman–Crippen MR) is 73.2 cm³/mol. The molecule has 4 heteroatoms. The fourth-order valence-corrected chi connectivity index (χ4v) is 2.04. The van der Waals surface area contributed by atoms with Crippen LogP contribution in [0.3, 0.4) is 0 Å². The molecular weight excluding hydrogens is 265 g/mol. The molecule has 0 saturated carbocycles. The maximum absolute atomic E-state index is 13.8. The minimum Gasteiger partial charge on any atom is -0.206 e. The van der Waals surface area contributed by atoms with Crippen LogP contribution >= 0.6 is 11.6 Å². The van der Waals surface area contributed by atoms with Gasteiger partial charge in [-0.15, -0.1) is 0 Å². The van der Waals surface area contributed by atoms with Crippen molar-refractivity contribution in [3.05, 3.63) is 76.8 Å². The number of halogens is 2. The van der Waals surface area contributed by atoms with Gasteiger partial charge in [-0.25, -0.2) is 4.39 Å². The Kier molecular flexibility index (Phi) is 3.05. The SMILES string of the molecule is Fc1ccccc1C1=[N+]OC=C1c1ccc(Cl)cc1. The number of oxime groups is 1. The highest BCUT2D eigenvalue weighted by Crippen LogP contribution is 2.25. The van der Waals surface area contributed by atoms with Crippen LogP contribution in [0, 0.1) is 5.82 Å². The highest BCUT2D eigenvalue weighted by Gasteiger charge is 2.32. The molecular formula is C15H9ClFNO+. The quantitative estimate of drug-likeness (QED) is 0.820. The van der Waals surface area contributed by atoms with E-state index in [-0.39, 0.29) is 5.82 Å². The Morgan fingerprint density at radius 3 is 2.47 bits per heavy atom. The molecule has 93 valence electrons. The Bertz CT molecular complexity index is 677. The minimum atomic E-state index is -0.327. The summed E-state index contributed by atoms with van der Waals surface area (Å²) >= 11 is 5.86. The van der Waals surface area contributed by atoms with Crippen molar-refractivity contribution in [1.29, 1.82) is 0 Å². The molecule has 19 heavy (non-hydrogen) atoms. The molecule has 1 aliphatic rings. The van der Waals surface area contributed by atoms with Gasteiger partial charge in [0.05, 0.1) is 5.56 Å². The summed E-state index contributed by atoms with van der Waals surface area (Å²) < 4.78 is 13.8. The van der Waals surface area contributed by atoms with E-state index in [4.69, 9.17) is 16.4 Å². The smallest absolute Gasteiger partial charge is 0.206 e. The summed E-state index contributed by atoms with van der Waals surface area (Å²) in [7, 11) is 0. The first kappa shape index (κ1) is 11.9. The third-order valence-corrected chi connectivity index (χ3v) is 3.11. The molecule has 0 bridgehead atoms. The number of hydrogen-bond acceptors (Lipinski definition) is 2. The van der Waals surface area contributed by atoms with E-state index in [2.05, 4.69) is 5.16 Å². The van der Waals surface area contributed by atoms with Crippen LogP contribution in [0.5, 0.6) is 0 Å². The molecule has 1 heterocycles. The van der Waals surface area contributed by atoms with Crippen molar-refractivity contribution < 1.29 is 9.23 Å². The van der Waals surface area contributed by atoms with Crippen LogP contribution in [0.1, 0.15) is 11.1 Å². The molecule has 0 N–H and O–H groups in total. The lowest BCUT2D eigenvalue weighted by Crippen LogP contribution is -2.08. The zero-order chi connectivity index (χ0) is 13.2. The molecule has 3 rings (SSSR count). The second-order valence-electron chi connectivity index (χ2n) is 4.06. The molecule has 0 fully saturated rings. The van der Waals surface area contributed by atoms with Crippen molar-refractivity contribution in [2.45, 2.75) is 0 Å². The first-order chi connectivity index (χ1) is 9.25. The van der Waals surface area contributed by atoms with Crippen molar-refractivity contribution in [2.24, 2.45) is 0 Å². The number of hydrogen-bond donors (Lipinski definition) is 0. The number of benzene rings is 2. The lowest BCUT2D eigenvalue weighted by Gasteiger charge is -2.00. The zero-order valence-corrected chi connectivity index (χ0v) is 10.6. The van der Waals surface area contributed by atoms with Gasteiger partial charge in [0.1, 0.15) is 11.4 Å². The van der Waals surface area contributed by atoms with E-state index in [9.17, 15) is 4.39 Å². The maximum Gasteiger partial charge on any atom is 0.358 e. The summed E-state index contributed by atoms with van der Waals surface area (Å²) in [6.07, 6.45) is 1.50. The van der Waals surface area contributed by atoms with Gasteiger partial charge in [-0.2, -0.15) is 4.84 Å². The number of rotatable bonds is 2. The van der Waals surface area contributed by atoms with E-state index in [0.29, 0.717) is 16.3 Å². The molecule has 0 atom stereocenters. The lowest BCUT2D eigenvalue weighted by molar-refractivity contribution is 0.221. The molecule has 2 nitrogen and oxygen atoms in total. The molecule has 0 aromatic heterocycles. The molecule has 0 amide bonds. The average Bonchev–Trinajstić information content (AvgIpc) is 2.89. The van der Waals surface area contributed by atoms with Crippen LogP contribution in [-0.4, -0.2) is 5.71 Å². The molecule has 1 aliphatic heterocycles. The topological polar surface area (TPSA) is 23.3 Å². The van der Waals surface area contributed by atoms with E-state index in [1.54, 1.807) is 30.3 Å². The summed E-state index contributed by atoms with van der Waals surface area (Å²) in [4.78, 5) is 4.99. The van der Waals surface area contributed by atoms with Gasteiger partial charge in [-0.1, -0.05) is 35.9 Å². The normalized spacial score (nSPS) is 13.8. The number of allylic oxidation sites excluding steroid dienone is 1. The summed E-state index contributed by atoms with van der Waals surface area (Å²) in [5.41, 5.74) is 2.52. The van der Waals surface area contributed by atoms with Gasteiger partial charge in [-0.3, -0.25) is 0 Å². The van der Waals surface area contributed by atoms with E-state index in [1.807, 2.05) is 12.1 Å². The van der Waals surface area contributed by atoms with E-state index < -0.39 is 0 Å². The highest BCUT2D eigenvalue weighted by atomic mass is 35.5. The van der Waals surface area contributed by atoms with Gasteiger partial charge in [0, 0.05) is 5.02 Å². The van der Waals surface area contributed by atoms with Crippen LogP contribution < -0.4 is 5.16 Å². The third-order valence-electron chi connectivity index (χ3n) is 2.85. The monoisotopic (exact) mass is 273 g/mol. The molecule has 2 aromatic rings. The summed E-state index contributed by atoms with van der Waals surface area (Å²) in [5, 5.41) is 4.54. The Balaban J connectivity index is 2.03. The number of nitrogens with zero attached hydrogens (tertiary/aromatic N) is 1. The van der Waals surface area contributed by atoms with Gasteiger partial charge in [0.25, 0.3) is 0 Å². The Morgan fingerprint density at radius 2 is 1.74 bits per heavy atom. The van der Waals surface area contributed by atoms with Crippen LogP contribution in [0.15, 0.2) is 54.8 Å². The van der Waals surface area contributed by atoms with Gasteiger partial charge in [-0.05, 0) is 29.8 Å². The predicted octanol–water partition coefficient (Wildman–Crippen LogP) is 3.59.